The summed E-state index contributed by atoms with van der Waals surface area (Å²) >= 11 is 0. The summed E-state index contributed by atoms with van der Waals surface area (Å²) in [5.41, 5.74) is 5.39. The number of nitrogens with zero attached hydrogens (tertiary/aromatic N) is 1. The highest BCUT2D eigenvalue weighted by atomic mass is 19.1. The number of ether oxygens (including phenoxy) is 5. The number of carbonyl (C=O) groups excluding carboxylic acids is 5. The van der Waals surface area contributed by atoms with Crippen LogP contribution < -0.4 is 9.64 Å². The van der Waals surface area contributed by atoms with E-state index in [-0.39, 0.29) is 32.0 Å². The number of para-hydroxylation sites is 1. The van der Waals surface area contributed by atoms with Crippen molar-refractivity contribution < 1.29 is 57.2 Å². The van der Waals surface area contributed by atoms with E-state index < -0.39 is 77.9 Å². The normalized spacial score (nSPS) is 21.9. The average molecular weight is 886 g/mol. The van der Waals surface area contributed by atoms with E-state index in [0.717, 1.165) is 33.5 Å². The molecule has 65 heavy (non-hydrogen) atoms. The molecule has 1 heterocycles. The molecule has 2 aliphatic rings. The number of aliphatic hydroxyl groups excluding tert-OH is 1. The second-order valence-electron chi connectivity index (χ2n) is 16.5. The van der Waals surface area contributed by atoms with Crippen LogP contribution in [0.3, 0.4) is 0 Å². The molecule has 1 aliphatic carbocycles. The van der Waals surface area contributed by atoms with E-state index in [1.165, 1.54) is 39.8 Å². The summed E-state index contributed by atoms with van der Waals surface area (Å²) in [7, 11) is 0. The van der Waals surface area contributed by atoms with Crippen LogP contribution in [0.2, 0.25) is 0 Å². The molecule has 1 aliphatic heterocycles. The number of halogens is 1. The molecule has 12 nitrogen and oxygen atoms in total. The predicted octanol–water partition coefficient (Wildman–Crippen LogP) is 8.75. The van der Waals surface area contributed by atoms with Crippen LogP contribution in [0.5, 0.6) is 5.75 Å². The van der Waals surface area contributed by atoms with Crippen LogP contribution in [-0.4, -0.2) is 59.8 Å². The number of anilines is 1. The van der Waals surface area contributed by atoms with Gasteiger partial charge in [0, 0.05) is 50.8 Å². The van der Waals surface area contributed by atoms with Crippen molar-refractivity contribution in [1.82, 2.24) is 0 Å². The van der Waals surface area contributed by atoms with E-state index in [1.807, 2.05) is 103 Å². The van der Waals surface area contributed by atoms with Gasteiger partial charge in [0.2, 0.25) is 5.91 Å². The van der Waals surface area contributed by atoms with Crippen molar-refractivity contribution in [1.29, 1.82) is 0 Å². The van der Waals surface area contributed by atoms with Crippen molar-refractivity contribution in [2.45, 2.75) is 89.9 Å². The lowest BCUT2D eigenvalue weighted by atomic mass is 9.72. The average Bonchev–Trinajstić information content (AvgIpc) is 3.28. The van der Waals surface area contributed by atoms with E-state index in [1.54, 1.807) is 17.0 Å². The van der Waals surface area contributed by atoms with Crippen LogP contribution in [-0.2, 0) is 49.5 Å². The van der Waals surface area contributed by atoms with E-state index in [4.69, 9.17) is 23.7 Å². The van der Waals surface area contributed by atoms with Crippen LogP contribution in [0.25, 0.3) is 11.1 Å². The number of hydrogen-bond donors (Lipinski definition) is 1. The minimum atomic E-state index is -1.19. The topological polar surface area (TPSA) is 155 Å². The molecular formula is C52H52FNO11. The van der Waals surface area contributed by atoms with Gasteiger partial charge in [-0.05, 0) is 77.4 Å². The Bertz CT molecular complexity index is 2460. The second kappa shape index (κ2) is 20.8. The first-order chi connectivity index (χ1) is 31.3. The number of hydrogen-bond acceptors (Lipinski definition) is 11. The molecule has 1 N–H and O–H groups in total. The predicted molar refractivity (Wildman–Crippen MR) is 238 cm³/mol. The summed E-state index contributed by atoms with van der Waals surface area (Å²) in [6.45, 7) is 5.06. The monoisotopic (exact) mass is 885 g/mol. The van der Waals surface area contributed by atoms with E-state index in [2.05, 4.69) is 0 Å². The number of esters is 4. The van der Waals surface area contributed by atoms with Gasteiger partial charge in [-0.1, -0.05) is 97.1 Å². The zero-order chi connectivity index (χ0) is 46.2. The van der Waals surface area contributed by atoms with Gasteiger partial charge in [0.15, 0.2) is 6.10 Å². The summed E-state index contributed by atoms with van der Waals surface area (Å²) in [6.07, 6.45) is -3.29. The molecule has 5 aromatic rings. The fourth-order valence-corrected chi connectivity index (χ4v) is 9.01. The Kier molecular flexibility index (Phi) is 14.7. The Morgan fingerprint density at radius 3 is 1.94 bits per heavy atom. The third kappa shape index (κ3) is 11.1. The van der Waals surface area contributed by atoms with E-state index >= 15 is 0 Å². The van der Waals surface area contributed by atoms with Gasteiger partial charge in [-0.15, -0.1) is 0 Å². The maximum atomic E-state index is 14.0. The minimum Gasteiger partial charge on any atom is -0.489 e. The van der Waals surface area contributed by atoms with Gasteiger partial charge in [0.1, 0.15) is 30.4 Å². The third-order valence-electron chi connectivity index (χ3n) is 12.0. The fraction of sp³-hybridized carbons (Fsp3) is 0.327. The highest BCUT2D eigenvalue weighted by Crippen LogP contribution is 2.50. The molecule has 338 valence electrons. The highest BCUT2D eigenvalue weighted by Gasteiger charge is 2.52. The smallest absolute Gasteiger partial charge is 0.303 e. The molecule has 7 rings (SSSR count). The number of carbonyl (C=O) groups is 5. The Balaban J connectivity index is 1.23. The summed E-state index contributed by atoms with van der Waals surface area (Å²) in [6, 6.07) is 37.9. The lowest BCUT2D eigenvalue weighted by Gasteiger charge is -2.48. The van der Waals surface area contributed by atoms with Gasteiger partial charge in [-0.2, -0.15) is 0 Å². The van der Waals surface area contributed by atoms with Gasteiger partial charge in [-0.3, -0.25) is 24.0 Å². The van der Waals surface area contributed by atoms with Crippen molar-refractivity contribution in [3.8, 4) is 16.9 Å². The molecular weight excluding hydrogens is 834 g/mol. The van der Waals surface area contributed by atoms with Crippen LogP contribution in [0.1, 0.15) is 87.3 Å². The molecule has 0 unspecified atom stereocenters. The largest absolute Gasteiger partial charge is 0.489 e. The standard InChI is InChI=1S/C52H52FNO11/c1-31(55)61-30-40-27-45(50(64-33(3)57)51(65-34(4)58)49(40)63-32(2)56)37-17-15-36(16-18-37)39-21-24-43(47(28-39)62-29-35-11-7-5-8-12-35)48-44(52(60)54(48)42-13-9-6-10-14-42)25-26-46(59)38-19-22-41(53)23-20-38/h5-24,28,40,44-46,48-51,59H,25-27,29-30H2,1-4H3/t40-,44-,45+,46+,48-,49-,50+,51+/m1/s1. The molecule has 5 aromatic carbocycles. The molecule has 0 spiro atoms. The number of benzene rings is 5. The van der Waals surface area contributed by atoms with Gasteiger partial charge in [0.05, 0.1) is 24.7 Å². The fourth-order valence-electron chi connectivity index (χ4n) is 9.01. The summed E-state index contributed by atoms with van der Waals surface area (Å²) in [5, 5.41) is 11.1. The van der Waals surface area contributed by atoms with E-state index in [9.17, 15) is 33.5 Å². The molecule has 1 saturated heterocycles. The molecule has 8 atom stereocenters. The Labute approximate surface area is 377 Å². The Morgan fingerprint density at radius 1 is 0.708 bits per heavy atom. The van der Waals surface area contributed by atoms with Crippen LogP contribution in [0, 0.1) is 17.7 Å². The number of rotatable bonds is 16. The molecule has 0 aromatic heterocycles. The molecule has 0 radical (unpaired) electrons. The Hall–Kier alpha value is -6.86. The van der Waals surface area contributed by atoms with Crippen molar-refractivity contribution in [2.75, 3.05) is 11.5 Å². The first-order valence-corrected chi connectivity index (χ1v) is 21.6. The van der Waals surface area contributed by atoms with Crippen molar-refractivity contribution in [2.24, 2.45) is 11.8 Å². The van der Waals surface area contributed by atoms with Crippen molar-refractivity contribution >= 4 is 35.5 Å². The van der Waals surface area contributed by atoms with Gasteiger partial charge in [0.25, 0.3) is 0 Å². The van der Waals surface area contributed by atoms with Crippen LogP contribution in [0.4, 0.5) is 10.1 Å². The van der Waals surface area contributed by atoms with Crippen molar-refractivity contribution in [3.05, 3.63) is 155 Å². The van der Waals surface area contributed by atoms with Gasteiger partial charge < -0.3 is 33.7 Å². The number of β-lactam (4-membered cyclic amide) rings is 1. The van der Waals surface area contributed by atoms with Crippen LogP contribution in [0.15, 0.2) is 127 Å². The number of aliphatic hydroxyl groups is 1. The zero-order valence-electron chi connectivity index (χ0n) is 36.6. The molecule has 13 heteroatoms. The van der Waals surface area contributed by atoms with Gasteiger partial charge in [-0.25, -0.2) is 4.39 Å². The first-order valence-electron chi connectivity index (χ1n) is 21.6. The summed E-state index contributed by atoms with van der Waals surface area (Å²) < 4.78 is 42.9. The minimum absolute atomic E-state index is 0.0823. The van der Waals surface area contributed by atoms with Crippen molar-refractivity contribution in [3.63, 3.8) is 0 Å². The molecule has 2 fully saturated rings. The number of amides is 1. The molecule has 0 bridgehead atoms. The van der Waals surface area contributed by atoms with Crippen LogP contribution >= 0.6 is 0 Å². The summed E-state index contributed by atoms with van der Waals surface area (Å²) in [5.74, 6) is -4.05. The quantitative estimate of drug-likeness (QED) is 0.0575. The van der Waals surface area contributed by atoms with E-state index in [0.29, 0.717) is 17.7 Å². The summed E-state index contributed by atoms with van der Waals surface area (Å²) in [4.78, 5) is 65.0. The first kappa shape index (κ1) is 46.1. The highest BCUT2D eigenvalue weighted by molar-refractivity contribution is 6.03. The lowest BCUT2D eigenvalue weighted by molar-refractivity contribution is -0.202. The molecule has 1 saturated carbocycles. The second-order valence-corrected chi connectivity index (χ2v) is 16.5. The van der Waals surface area contributed by atoms with Gasteiger partial charge >= 0.3 is 23.9 Å². The SMILES string of the molecule is CC(=O)OC[C@H]1C[C@@H](c2ccc(-c3ccc([C@@H]4[C@@H](CC[C@H](O)c5ccc(F)cc5)C(=O)N4c4ccccc4)c(OCc4ccccc4)c3)cc2)[C@H](OC(C)=O)[C@@H](OC(C)=O)[C@@H]1OC(C)=O. The third-order valence-corrected chi connectivity index (χ3v) is 12.0. The maximum absolute atomic E-state index is 14.0. The lowest BCUT2D eigenvalue weighted by Crippen LogP contribution is -2.56. The molecule has 1 amide bonds. The Morgan fingerprint density at radius 2 is 1.31 bits per heavy atom. The maximum Gasteiger partial charge on any atom is 0.303 e. The zero-order valence-corrected chi connectivity index (χ0v) is 36.6.